The standard InChI is InChI=1S/C15H14N2O4.ClH/c16-14(10-11-4-2-1-3-5-11)15(18)21-13-8-6-12(7-9-13)17(19)20;/h1-9,14H,10,16H2;1H/t14-;/m0./s1. The minimum absolute atomic E-state index is 0. The van der Waals surface area contributed by atoms with Gasteiger partial charge in [-0.05, 0) is 24.1 Å². The van der Waals surface area contributed by atoms with Crippen molar-refractivity contribution in [3.63, 3.8) is 0 Å². The van der Waals surface area contributed by atoms with E-state index in [1.807, 2.05) is 30.3 Å². The van der Waals surface area contributed by atoms with E-state index in [-0.39, 0.29) is 23.8 Å². The average Bonchev–Trinajstić information content (AvgIpc) is 2.48. The van der Waals surface area contributed by atoms with Crippen LogP contribution in [0.4, 0.5) is 5.69 Å². The summed E-state index contributed by atoms with van der Waals surface area (Å²) in [5, 5.41) is 10.5. The van der Waals surface area contributed by atoms with Gasteiger partial charge in [-0.3, -0.25) is 10.1 Å². The van der Waals surface area contributed by atoms with Gasteiger partial charge >= 0.3 is 5.97 Å². The highest BCUT2D eigenvalue weighted by molar-refractivity contribution is 5.85. The molecule has 0 bridgehead atoms. The summed E-state index contributed by atoms with van der Waals surface area (Å²) in [5.74, 6) is -0.346. The van der Waals surface area contributed by atoms with Crippen molar-refractivity contribution in [1.29, 1.82) is 0 Å². The number of nitrogens with zero attached hydrogens (tertiary/aromatic N) is 1. The van der Waals surface area contributed by atoms with Crippen LogP contribution in [0.1, 0.15) is 5.56 Å². The summed E-state index contributed by atoms with van der Waals surface area (Å²) in [6, 6.07) is 13.8. The zero-order chi connectivity index (χ0) is 15.2. The van der Waals surface area contributed by atoms with Crippen LogP contribution in [0.25, 0.3) is 0 Å². The normalized spacial score (nSPS) is 11.1. The molecule has 0 heterocycles. The summed E-state index contributed by atoms with van der Waals surface area (Å²) in [4.78, 5) is 21.9. The molecule has 2 rings (SSSR count). The number of ether oxygens (including phenoxy) is 1. The zero-order valence-electron chi connectivity index (χ0n) is 11.5. The Hall–Kier alpha value is -2.44. The quantitative estimate of drug-likeness (QED) is 0.395. The molecule has 0 radical (unpaired) electrons. The van der Waals surface area contributed by atoms with Gasteiger partial charge in [-0.15, -0.1) is 12.4 Å². The van der Waals surface area contributed by atoms with Crippen LogP contribution in [-0.4, -0.2) is 16.9 Å². The molecule has 1 atom stereocenters. The molecule has 2 N–H and O–H groups in total. The molecule has 0 fully saturated rings. The first-order valence-corrected chi connectivity index (χ1v) is 6.32. The SMILES string of the molecule is Cl.N[C@@H](Cc1ccccc1)C(=O)Oc1ccc([N+](=O)[O-])cc1. The maximum absolute atomic E-state index is 11.9. The molecule has 116 valence electrons. The largest absolute Gasteiger partial charge is 0.425 e. The second kappa shape index (κ2) is 8.11. The minimum atomic E-state index is -0.789. The first-order valence-electron chi connectivity index (χ1n) is 6.32. The molecule has 0 aromatic heterocycles. The number of carbonyl (C=O) groups is 1. The Labute approximate surface area is 133 Å². The van der Waals surface area contributed by atoms with Crippen LogP contribution < -0.4 is 10.5 Å². The molecular weight excluding hydrogens is 308 g/mol. The molecule has 6 nitrogen and oxygen atoms in total. The van der Waals surface area contributed by atoms with Crippen LogP contribution in [0.2, 0.25) is 0 Å². The van der Waals surface area contributed by atoms with Crippen molar-refractivity contribution >= 4 is 24.1 Å². The maximum Gasteiger partial charge on any atom is 0.328 e. The Morgan fingerprint density at radius 1 is 1.14 bits per heavy atom. The van der Waals surface area contributed by atoms with Crippen molar-refractivity contribution in [2.75, 3.05) is 0 Å². The van der Waals surface area contributed by atoms with Crippen molar-refractivity contribution in [2.24, 2.45) is 5.73 Å². The van der Waals surface area contributed by atoms with Crippen LogP contribution >= 0.6 is 12.4 Å². The number of rotatable bonds is 5. The highest BCUT2D eigenvalue weighted by atomic mass is 35.5. The summed E-state index contributed by atoms with van der Waals surface area (Å²) in [6.45, 7) is 0. The highest BCUT2D eigenvalue weighted by Crippen LogP contribution is 2.17. The Bertz CT molecular complexity index is 632. The van der Waals surface area contributed by atoms with Crippen molar-refractivity contribution in [3.05, 3.63) is 70.3 Å². The fourth-order valence-corrected chi connectivity index (χ4v) is 1.78. The summed E-state index contributed by atoms with van der Waals surface area (Å²) < 4.78 is 5.10. The monoisotopic (exact) mass is 322 g/mol. The second-order valence-corrected chi connectivity index (χ2v) is 4.47. The molecule has 0 spiro atoms. The van der Waals surface area contributed by atoms with Crippen LogP contribution in [0.5, 0.6) is 5.75 Å². The first kappa shape index (κ1) is 17.6. The molecular formula is C15H15ClN2O4. The van der Waals surface area contributed by atoms with Crippen LogP contribution in [0, 0.1) is 10.1 Å². The van der Waals surface area contributed by atoms with E-state index in [1.54, 1.807) is 0 Å². The van der Waals surface area contributed by atoms with Gasteiger partial charge in [0.15, 0.2) is 0 Å². The van der Waals surface area contributed by atoms with Crippen molar-refractivity contribution in [3.8, 4) is 5.75 Å². The van der Waals surface area contributed by atoms with Gasteiger partial charge in [0.05, 0.1) is 4.92 Å². The maximum atomic E-state index is 11.9. The molecule has 0 aliphatic heterocycles. The number of carbonyl (C=O) groups excluding carboxylic acids is 1. The van der Waals surface area contributed by atoms with Gasteiger partial charge in [-0.1, -0.05) is 30.3 Å². The van der Waals surface area contributed by atoms with Gasteiger partial charge in [0.2, 0.25) is 0 Å². The second-order valence-electron chi connectivity index (χ2n) is 4.47. The van der Waals surface area contributed by atoms with E-state index in [0.29, 0.717) is 6.42 Å². The third-order valence-corrected chi connectivity index (χ3v) is 2.87. The first-order chi connectivity index (χ1) is 10.1. The summed E-state index contributed by atoms with van der Waals surface area (Å²) >= 11 is 0. The number of benzene rings is 2. The number of nitro groups is 1. The smallest absolute Gasteiger partial charge is 0.328 e. The van der Waals surface area contributed by atoms with Gasteiger partial charge < -0.3 is 10.5 Å². The van der Waals surface area contributed by atoms with Gasteiger partial charge in [0, 0.05) is 12.1 Å². The minimum Gasteiger partial charge on any atom is -0.425 e. The molecule has 0 amide bonds. The summed E-state index contributed by atoms with van der Waals surface area (Å²) in [6.07, 6.45) is 0.368. The lowest BCUT2D eigenvalue weighted by atomic mass is 10.1. The van der Waals surface area contributed by atoms with E-state index in [9.17, 15) is 14.9 Å². The number of esters is 1. The number of hydrogen-bond donors (Lipinski definition) is 1. The Morgan fingerprint density at radius 2 is 1.73 bits per heavy atom. The molecule has 2 aromatic carbocycles. The number of hydrogen-bond acceptors (Lipinski definition) is 5. The fraction of sp³-hybridized carbons (Fsp3) is 0.133. The molecule has 0 saturated carbocycles. The number of halogens is 1. The highest BCUT2D eigenvalue weighted by Gasteiger charge is 2.17. The number of nitro benzene ring substituents is 1. The average molecular weight is 323 g/mol. The van der Waals surface area contributed by atoms with Crippen molar-refractivity contribution in [1.82, 2.24) is 0 Å². The predicted octanol–water partition coefficient (Wildman–Crippen LogP) is 2.49. The van der Waals surface area contributed by atoms with Crippen molar-refractivity contribution in [2.45, 2.75) is 12.5 Å². The lowest BCUT2D eigenvalue weighted by molar-refractivity contribution is -0.384. The lowest BCUT2D eigenvalue weighted by Gasteiger charge is -2.11. The van der Waals surface area contributed by atoms with E-state index in [4.69, 9.17) is 10.5 Å². The lowest BCUT2D eigenvalue weighted by Crippen LogP contribution is -2.36. The molecule has 0 unspecified atom stereocenters. The van der Waals surface area contributed by atoms with E-state index in [2.05, 4.69) is 0 Å². The van der Waals surface area contributed by atoms with Crippen LogP contribution in [0.3, 0.4) is 0 Å². The molecule has 0 aliphatic carbocycles. The molecule has 2 aromatic rings. The van der Waals surface area contributed by atoms with E-state index < -0.39 is 16.9 Å². The Balaban J connectivity index is 0.00000242. The molecule has 7 heteroatoms. The zero-order valence-corrected chi connectivity index (χ0v) is 12.4. The van der Waals surface area contributed by atoms with Crippen molar-refractivity contribution < 1.29 is 14.5 Å². The predicted molar refractivity (Wildman–Crippen MR) is 84.1 cm³/mol. The molecule has 0 saturated heterocycles. The Kier molecular flexibility index (Phi) is 6.49. The van der Waals surface area contributed by atoms with Gasteiger partial charge in [0.25, 0.3) is 5.69 Å². The van der Waals surface area contributed by atoms with Gasteiger partial charge in [-0.2, -0.15) is 0 Å². The fourth-order valence-electron chi connectivity index (χ4n) is 1.78. The summed E-state index contributed by atoms with van der Waals surface area (Å²) in [7, 11) is 0. The third kappa shape index (κ3) is 4.83. The van der Waals surface area contributed by atoms with Crippen LogP contribution in [0.15, 0.2) is 54.6 Å². The molecule has 0 aliphatic rings. The van der Waals surface area contributed by atoms with E-state index >= 15 is 0 Å². The van der Waals surface area contributed by atoms with Crippen LogP contribution in [-0.2, 0) is 11.2 Å². The van der Waals surface area contributed by atoms with Gasteiger partial charge in [0.1, 0.15) is 11.8 Å². The molecule has 22 heavy (non-hydrogen) atoms. The third-order valence-electron chi connectivity index (χ3n) is 2.87. The summed E-state index contributed by atoms with van der Waals surface area (Å²) in [5.41, 5.74) is 6.66. The topological polar surface area (TPSA) is 95.5 Å². The number of nitrogens with two attached hydrogens (primary N) is 1. The van der Waals surface area contributed by atoms with Gasteiger partial charge in [-0.25, -0.2) is 4.79 Å². The van der Waals surface area contributed by atoms with E-state index in [0.717, 1.165) is 5.56 Å². The number of non-ortho nitro benzene ring substituents is 1. The Morgan fingerprint density at radius 3 is 2.27 bits per heavy atom. The van der Waals surface area contributed by atoms with E-state index in [1.165, 1.54) is 24.3 Å².